The second kappa shape index (κ2) is 8.25. The van der Waals surface area contributed by atoms with Crippen molar-refractivity contribution in [3.05, 3.63) is 53.6 Å². The Morgan fingerprint density at radius 2 is 1.96 bits per heavy atom. The van der Waals surface area contributed by atoms with E-state index < -0.39 is 24.5 Å². The molecule has 25 heavy (non-hydrogen) atoms. The van der Waals surface area contributed by atoms with Crippen molar-refractivity contribution in [1.29, 1.82) is 5.26 Å². The highest BCUT2D eigenvalue weighted by Gasteiger charge is 2.30. The van der Waals surface area contributed by atoms with E-state index in [0.29, 0.717) is 21.0 Å². The first-order valence-electron chi connectivity index (χ1n) is 7.25. The molecule has 0 saturated carbocycles. The normalized spacial score (nSPS) is 12.5. The van der Waals surface area contributed by atoms with Gasteiger partial charge in [0.05, 0.1) is 29.9 Å². The maximum atomic E-state index is 12.8. The lowest BCUT2D eigenvalue weighted by atomic mass is 10.2. The van der Waals surface area contributed by atoms with Crippen LogP contribution in [0.3, 0.4) is 0 Å². The van der Waals surface area contributed by atoms with Crippen LogP contribution in [0.25, 0.3) is 0 Å². The molecule has 0 heterocycles. The monoisotopic (exact) mass is 368 g/mol. The summed E-state index contributed by atoms with van der Waals surface area (Å²) in [5.74, 6) is 0. The van der Waals surface area contributed by atoms with Crippen LogP contribution in [0.4, 0.5) is 18.9 Å². The van der Waals surface area contributed by atoms with Crippen molar-refractivity contribution in [3.8, 4) is 6.07 Å². The van der Waals surface area contributed by atoms with Gasteiger partial charge in [0.25, 0.3) is 0 Å². The van der Waals surface area contributed by atoms with E-state index in [2.05, 4.69) is 5.32 Å². The van der Waals surface area contributed by atoms with Crippen LogP contribution >= 0.6 is 11.8 Å². The number of halogens is 3. The highest BCUT2D eigenvalue weighted by molar-refractivity contribution is 7.99. The van der Waals surface area contributed by atoms with E-state index in [1.807, 2.05) is 6.07 Å². The van der Waals surface area contributed by atoms with Crippen molar-refractivity contribution in [2.24, 2.45) is 0 Å². The summed E-state index contributed by atoms with van der Waals surface area (Å²) in [5.41, 5.74) is 0.125. The minimum Gasteiger partial charge on any atom is -0.394 e. The second-order valence-electron chi connectivity index (χ2n) is 5.17. The number of aliphatic hydroxyl groups excluding tert-OH is 2. The minimum absolute atomic E-state index is 0.0432. The molecule has 2 aromatic carbocycles. The van der Waals surface area contributed by atoms with Gasteiger partial charge in [-0.15, -0.1) is 0 Å². The SMILES string of the molecule is N#Cc1ccc(Sc2cccc(C(F)(F)F)c2)c(NCC(O)CO)c1. The van der Waals surface area contributed by atoms with E-state index in [1.165, 1.54) is 6.07 Å². The highest BCUT2D eigenvalue weighted by Crippen LogP contribution is 2.37. The zero-order valence-corrected chi connectivity index (χ0v) is 13.7. The number of nitriles is 1. The lowest BCUT2D eigenvalue weighted by Gasteiger charge is -2.15. The molecular weight excluding hydrogens is 353 g/mol. The van der Waals surface area contributed by atoms with E-state index in [9.17, 15) is 18.3 Å². The van der Waals surface area contributed by atoms with Gasteiger partial charge in [-0.1, -0.05) is 17.8 Å². The molecule has 0 aromatic heterocycles. The molecule has 0 radical (unpaired) electrons. The maximum Gasteiger partial charge on any atom is 0.416 e. The van der Waals surface area contributed by atoms with Crippen LogP contribution in [-0.4, -0.2) is 29.5 Å². The van der Waals surface area contributed by atoms with Crippen LogP contribution in [-0.2, 0) is 6.18 Å². The predicted molar refractivity (Wildman–Crippen MR) is 88.3 cm³/mol. The number of benzene rings is 2. The summed E-state index contributed by atoms with van der Waals surface area (Å²) in [6.45, 7) is -0.386. The Morgan fingerprint density at radius 3 is 2.60 bits per heavy atom. The van der Waals surface area contributed by atoms with Gasteiger partial charge in [0.1, 0.15) is 0 Å². The average molecular weight is 368 g/mol. The summed E-state index contributed by atoms with van der Waals surface area (Å²) in [6, 6.07) is 11.6. The van der Waals surface area contributed by atoms with Crippen LogP contribution in [0.2, 0.25) is 0 Å². The van der Waals surface area contributed by atoms with Crippen LogP contribution in [0.5, 0.6) is 0 Å². The molecule has 0 aliphatic heterocycles. The molecule has 0 amide bonds. The number of anilines is 1. The van der Waals surface area contributed by atoms with Crippen LogP contribution < -0.4 is 5.32 Å². The Labute approximate surface area is 146 Å². The molecule has 2 rings (SSSR count). The van der Waals surface area contributed by atoms with E-state index in [4.69, 9.17) is 10.4 Å². The molecule has 1 atom stereocenters. The number of rotatable bonds is 6. The molecule has 0 aliphatic carbocycles. The van der Waals surface area contributed by atoms with Gasteiger partial charge >= 0.3 is 6.18 Å². The number of hydrogen-bond donors (Lipinski definition) is 3. The smallest absolute Gasteiger partial charge is 0.394 e. The number of nitrogens with zero attached hydrogens (tertiary/aromatic N) is 1. The molecule has 0 bridgehead atoms. The first kappa shape index (κ1) is 19.1. The van der Waals surface area contributed by atoms with Crippen molar-refractivity contribution < 1.29 is 23.4 Å². The number of nitrogens with one attached hydrogen (secondary N) is 1. The lowest BCUT2D eigenvalue weighted by Crippen LogP contribution is -2.23. The van der Waals surface area contributed by atoms with Gasteiger partial charge in [-0.05, 0) is 36.4 Å². The Balaban J connectivity index is 2.28. The molecule has 0 fully saturated rings. The van der Waals surface area contributed by atoms with Crippen molar-refractivity contribution in [2.45, 2.75) is 22.1 Å². The molecule has 0 spiro atoms. The largest absolute Gasteiger partial charge is 0.416 e. The maximum absolute atomic E-state index is 12.8. The molecule has 0 saturated heterocycles. The van der Waals surface area contributed by atoms with Crippen molar-refractivity contribution >= 4 is 17.4 Å². The summed E-state index contributed by atoms with van der Waals surface area (Å²) >= 11 is 1.11. The van der Waals surface area contributed by atoms with Gasteiger partial charge in [0, 0.05) is 22.0 Å². The van der Waals surface area contributed by atoms with Crippen molar-refractivity contribution in [1.82, 2.24) is 0 Å². The van der Waals surface area contributed by atoms with Gasteiger partial charge in [0.15, 0.2) is 0 Å². The van der Waals surface area contributed by atoms with Crippen LogP contribution in [0.1, 0.15) is 11.1 Å². The van der Waals surface area contributed by atoms with Crippen LogP contribution in [0.15, 0.2) is 52.3 Å². The molecule has 0 aliphatic rings. The third kappa shape index (κ3) is 5.39. The summed E-state index contributed by atoms with van der Waals surface area (Å²) < 4.78 is 38.5. The third-order valence-corrected chi connectivity index (χ3v) is 4.30. The molecule has 4 nitrogen and oxygen atoms in total. The Kier molecular flexibility index (Phi) is 6.31. The van der Waals surface area contributed by atoms with Crippen molar-refractivity contribution in [2.75, 3.05) is 18.5 Å². The van der Waals surface area contributed by atoms with Gasteiger partial charge in [-0.25, -0.2) is 0 Å². The fraction of sp³-hybridized carbons (Fsp3) is 0.235. The summed E-state index contributed by atoms with van der Waals surface area (Å²) in [4.78, 5) is 0.994. The molecule has 8 heteroatoms. The number of aliphatic hydroxyl groups is 2. The first-order chi connectivity index (χ1) is 11.8. The number of hydrogen-bond acceptors (Lipinski definition) is 5. The van der Waals surface area contributed by atoms with Crippen molar-refractivity contribution in [3.63, 3.8) is 0 Å². The second-order valence-corrected chi connectivity index (χ2v) is 6.28. The Bertz CT molecular complexity index is 775. The molecule has 3 N–H and O–H groups in total. The zero-order valence-electron chi connectivity index (χ0n) is 12.9. The Hall–Kier alpha value is -2.21. The quantitative estimate of drug-likeness (QED) is 0.728. The molecule has 132 valence electrons. The fourth-order valence-corrected chi connectivity index (χ4v) is 2.95. The standard InChI is InChI=1S/C17H15F3N2O2S/c18-17(19,20)12-2-1-3-14(7-12)25-16-5-4-11(8-21)6-15(16)22-9-13(24)10-23/h1-7,13,22-24H,9-10H2. The minimum atomic E-state index is -4.42. The van der Waals surface area contributed by atoms with Crippen LogP contribution in [0, 0.1) is 11.3 Å². The molecule has 1 unspecified atom stereocenters. The summed E-state index contributed by atoms with van der Waals surface area (Å²) in [5, 5.41) is 30.2. The third-order valence-electron chi connectivity index (χ3n) is 3.24. The molecule has 2 aromatic rings. The average Bonchev–Trinajstić information content (AvgIpc) is 2.60. The van der Waals surface area contributed by atoms with E-state index in [0.717, 1.165) is 23.9 Å². The lowest BCUT2D eigenvalue weighted by molar-refractivity contribution is -0.137. The van der Waals surface area contributed by atoms with Gasteiger partial charge in [0.2, 0.25) is 0 Å². The first-order valence-corrected chi connectivity index (χ1v) is 8.07. The Morgan fingerprint density at radius 1 is 1.20 bits per heavy atom. The molecular formula is C17H15F3N2O2S. The zero-order chi connectivity index (χ0) is 18.4. The summed E-state index contributed by atoms with van der Waals surface area (Å²) in [7, 11) is 0. The van der Waals surface area contributed by atoms with Gasteiger partial charge < -0.3 is 15.5 Å². The predicted octanol–water partition coefficient (Wildman–Crippen LogP) is 3.49. The topological polar surface area (TPSA) is 76.3 Å². The van der Waals surface area contributed by atoms with Gasteiger partial charge in [-0.3, -0.25) is 0 Å². The number of alkyl halides is 3. The van der Waals surface area contributed by atoms with Gasteiger partial charge in [-0.2, -0.15) is 18.4 Å². The highest BCUT2D eigenvalue weighted by atomic mass is 32.2. The van der Waals surface area contributed by atoms with E-state index in [-0.39, 0.29) is 6.54 Å². The summed E-state index contributed by atoms with van der Waals surface area (Å²) in [6.07, 6.45) is -5.41. The van der Waals surface area contributed by atoms with E-state index in [1.54, 1.807) is 24.3 Å². The van der Waals surface area contributed by atoms with E-state index >= 15 is 0 Å². The fourth-order valence-electron chi connectivity index (χ4n) is 1.98.